The van der Waals surface area contributed by atoms with E-state index in [9.17, 15) is 4.79 Å². The van der Waals surface area contributed by atoms with Gasteiger partial charge >= 0.3 is 0 Å². The molecule has 0 aliphatic carbocycles. The number of hydrogen-bond acceptors (Lipinski definition) is 4. The van der Waals surface area contributed by atoms with Gasteiger partial charge in [0.2, 0.25) is 0 Å². The van der Waals surface area contributed by atoms with E-state index >= 15 is 0 Å². The summed E-state index contributed by atoms with van der Waals surface area (Å²) in [7, 11) is 0. The number of amides is 1. The molecule has 0 spiro atoms. The molecule has 1 fully saturated rings. The number of rotatable bonds is 2. The minimum Gasteiger partial charge on any atom is -0.479 e. The van der Waals surface area contributed by atoms with Gasteiger partial charge in [0.05, 0.1) is 5.69 Å². The summed E-state index contributed by atoms with van der Waals surface area (Å²) in [5, 5.41) is 3.33. The van der Waals surface area contributed by atoms with Crippen molar-refractivity contribution >= 4 is 17.3 Å². The zero-order chi connectivity index (χ0) is 13.4. The van der Waals surface area contributed by atoms with Crippen LogP contribution in [0, 0.1) is 5.92 Å². The van der Waals surface area contributed by atoms with Crippen LogP contribution in [0.2, 0.25) is 0 Å². The minimum atomic E-state index is -0.425. The van der Waals surface area contributed by atoms with Crippen molar-refractivity contribution in [2.45, 2.75) is 19.4 Å². The molecule has 19 heavy (non-hydrogen) atoms. The number of nitrogen functional groups attached to an aromatic ring is 1. The second-order valence-electron chi connectivity index (χ2n) is 5.29. The molecule has 5 nitrogen and oxygen atoms in total. The van der Waals surface area contributed by atoms with Crippen LogP contribution in [0.5, 0.6) is 5.75 Å². The third-order valence-electron chi connectivity index (χ3n) is 3.79. The normalized spacial score (nSPS) is 26.2. The van der Waals surface area contributed by atoms with Gasteiger partial charge in [0.1, 0.15) is 5.75 Å². The van der Waals surface area contributed by atoms with Crippen molar-refractivity contribution in [1.82, 2.24) is 5.32 Å². The Morgan fingerprint density at radius 2 is 2.37 bits per heavy atom. The highest BCUT2D eigenvalue weighted by molar-refractivity contribution is 6.00. The Hall–Kier alpha value is -1.75. The van der Waals surface area contributed by atoms with E-state index < -0.39 is 6.10 Å². The summed E-state index contributed by atoms with van der Waals surface area (Å²) in [6.45, 7) is 4.52. The molecule has 2 aliphatic rings. The molecule has 3 rings (SSSR count). The third-order valence-corrected chi connectivity index (χ3v) is 3.79. The number of benzene rings is 1. The maximum atomic E-state index is 12.3. The van der Waals surface area contributed by atoms with E-state index in [1.165, 1.54) is 0 Å². The molecule has 102 valence electrons. The predicted molar refractivity (Wildman–Crippen MR) is 74.3 cm³/mol. The van der Waals surface area contributed by atoms with Crippen LogP contribution in [-0.2, 0) is 4.79 Å². The van der Waals surface area contributed by atoms with Crippen LogP contribution in [0.1, 0.15) is 13.3 Å². The number of ether oxygens (including phenoxy) is 1. The summed E-state index contributed by atoms with van der Waals surface area (Å²) in [6, 6.07) is 5.46. The number of nitrogens with zero attached hydrogens (tertiary/aromatic N) is 1. The fraction of sp³-hybridized carbons (Fsp3) is 0.500. The number of hydrogen-bond donors (Lipinski definition) is 2. The molecule has 1 saturated heterocycles. The lowest BCUT2D eigenvalue weighted by Crippen LogP contribution is -2.46. The van der Waals surface area contributed by atoms with E-state index in [0.29, 0.717) is 11.6 Å². The highest BCUT2D eigenvalue weighted by atomic mass is 16.5. The number of fused-ring (bicyclic) bond motifs is 1. The average molecular weight is 261 g/mol. The Kier molecular flexibility index (Phi) is 3.06. The van der Waals surface area contributed by atoms with Gasteiger partial charge in [-0.05, 0) is 50.6 Å². The number of nitrogens with one attached hydrogen (secondary N) is 1. The van der Waals surface area contributed by atoms with Crippen LogP contribution < -0.4 is 20.7 Å². The van der Waals surface area contributed by atoms with E-state index in [1.807, 2.05) is 17.0 Å². The Labute approximate surface area is 112 Å². The van der Waals surface area contributed by atoms with Crippen LogP contribution in [0.4, 0.5) is 11.4 Å². The minimum absolute atomic E-state index is 0.0185. The van der Waals surface area contributed by atoms with Crippen molar-refractivity contribution in [2.75, 3.05) is 30.3 Å². The zero-order valence-corrected chi connectivity index (χ0v) is 11.1. The van der Waals surface area contributed by atoms with E-state index in [2.05, 4.69) is 5.32 Å². The SMILES string of the molecule is CC1Oc2ccc(N)cc2N(CC2CCNC2)C1=O. The Morgan fingerprint density at radius 1 is 1.53 bits per heavy atom. The Balaban J connectivity index is 1.92. The van der Waals surface area contributed by atoms with Gasteiger partial charge in [-0.25, -0.2) is 0 Å². The maximum absolute atomic E-state index is 12.3. The van der Waals surface area contributed by atoms with Gasteiger partial charge in [0.25, 0.3) is 5.91 Å². The smallest absolute Gasteiger partial charge is 0.267 e. The molecule has 1 amide bonds. The molecule has 0 saturated carbocycles. The first-order valence-corrected chi connectivity index (χ1v) is 6.73. The molecule has 0 radical (unpaired) electrons. The molecule has 1 aromatic rings. The van der Waals surface area contributed by atoms with Gasteiger partial charge in [-0.1, -0.05) is 0 Å². The summed E-state index contributed by atoms with van der Waals surface area (Å²) >= 11 is 0. The Bertz CT molecular complexity index is 497. The lowest BCUT2D eigenvalue weighted by molar-refractivity contribution is -0.125. The number of carbonyl (C=O) groups excluding carboxylic acids is 1. The van der Waals surface area contributed by atoms with Gasteiger partial charge in [0.15, 0.2) is 6.10 Å². The van der Waals surface area contributed by atoms with Crippen LogP contribution in [0.25, 0.3) is 0 Å². The van der Waals surface area contributed by atoms with Crippen LogP contribution >= 0.6 is 0 Å². The molecule has 2 aliphatic heterocycles. The number of anilines is 2. The topological polar surface area (TPSA) is 67.6 Å². The number of nitrogens with two attached hydrogens (primary N) is 1. The largest absolute Gasteiger partial charge is 0.479 e. The van der Waals surface area contributed by atoms with E-state index in [1.54, 1.807) is 13.0 Å². The number of carbonyl (C=O) groups is 1. The fourth-order valence-electron chi connectivity index (χ4n) is 2.74. The van der Waals surface area contributed by atoms with Gasteiger partial charge in [-0.2, -0.15) is 0 Å². The first-order chi connectivity index (χ1) is 9.15. The third kappa shape index (κ3) is 2.26. The summed E-state index contributed by atoms with van der Waals surface area (Å²) in [5.74, 6) is 1.26. The van der Waals surface area contributed by atoms with E-state index in [0.717, 1.165) is 37.5 Å². The van der Waals surface area contributed by atoms with Gasteiger partial charge in [-0.3, -0.25) is 4.79 Å². The summed E-state index contributed by atoms with van der Waals surface area (Å²) in [5.41, 5.74) is 7.28. The molecule has 2 heterocycles. The lowest BCUT2D eigenvalue weighted by atomic mass is 10.1. The molecule has 1 aromatic carbocycles. The van der Waals surface area contributed by atoms with Crippen molar-refractivity contribution in [3.8, 4) is 5.75 Å². The van der Waals surface area contributed by atoms with E-state index in [4.69, 9.17) is 10.5 Å². The predicted octanol–water partition coefficient (Wildman–Crippen LogP) is 0.992. The molecule has 0 bridgehead atoms. The van der Waals surface area contributed by atoms with Crippen LogP contribution in [-0.4, -0.2) is 31.6 Å². The second-order valence-corrected chi connectivity index (χ2v) is 5.29. The average Bonchev–Trinajstić information content (AvgIpc) is 2.89. The standard InChI is InChI=1S/C14H19N3O2/c1-9-14(18)17(8-10-4-5-16-7-10)12-6-11(15)2-3-13(12)19-9/h2-3,6,9-10,16H,4-5,7-8,15H2,1H3. The van der Waals surface area contributed by atoms with Gasteiger partial charge in [-0.15, -0.1) is 0 Å². The van der Waals surface area contributed by atoms with Crippen LogP contribution in [0.15, 0.2) is 18.2 Å². The highest BCUT2D eigenvalue weighted by Gasteiger charge is 2.33. The summed E-state index contributed by atoms with van der Waals surface area (Å²) in [6.07, 6.45) is 0.682. The molecular formula is C14H19N3O2. The highest BCUT2D eigenvalue weighted by Crippen LogP contribution is 2.36. The molecule has 0 aromatic heterocycles. The second kappa shape index (κ2) is 4.74. The maximum Gasteiger partial charge on any atom is 0.267 e. The van der Waals surface area contributed by atoms with Gasteiger partial charge in [0, 0.05) is 12.2 Å². The quantitative estimate of drug-likeness (QED) is 0.779. The monoisotopic (exact) mass is 261 g/mol. The lowest BCUT2D eigenvalue weighted by Gasteiger charge is -2.34. The first kappa shape index (κ1) is 12.3. The molecule has 3 N–H and O–H groups in total. The fourth-order valence-corrected chi connectivity index (χ4v) is 2.74. The zero-order valence-electron chi connectivity index (χ0n) is 11.1. The van der Waals surface area contributed by atoms with Crippen molar-refractivity contribution in [2.24, 2.45) is 5.92 Å². The van der Waals surface area contributed by atoms with Crippen molar-refractivity contribution in [1.29, 1.82) is 0 Å². The van der Waals surface area contributed by atoms with E-state index in [-0.39, 0.29) is 5.91 Å². The Morgan fingerprint density at radius 3 is 3.11 bits per heavy atom. The molecule has 5 heteroatoms. The van der Waals surface area contributed by atoms with Crippen molar-refractivity contribution in [3.63, 3.8) is 0 Å². The molecule has 2 unspecified atom stereocenters. The first-order valence-electron chi connectivity index (χ1n) is 6.73. The molecular weight excluding hydrogens is 242 g/mol. The summed E-state index contributed by atoms with van der Waals surface area (Å²) in [4.78, 5) is 14.2. The van der Waals surface area contributed by atoms with Gasteiger partial charge < -0.3 is 20.7 Å². The molecule has 2 atom stereocenters. The van der Waals surface area contributed by atoms with Crippen molar-refractivity contribution in [3.05, 3.63) is 18.2 Å². The summed E-state index contributed by atoms with van der Waals surface area (Å²) < 4.78 is 5.63. The van der Waals surface area contributed by atoms with Crippen molar-refractivity contribution < 1.29 is 9.53 Å². The van der Waals surface area contributed by atoms with Crippen LogP contribution in [0.3, 0.4) is 0 Å².